The summed E-state index contributed by atoms with van der Waals surface area (Å²) in [7, 11) is -1.31. The van der Waals surface area contributed by atoms with E-state index in [2.05, 4.69) is 5.32 Å². The molecular weight excluding hydrogens is 266 g/mol. The second-order valence-electron chi connectivity index (χ2n) is 4.68. The number of nitrogens with one attached hydrogen (secondary N) is 1. The summed E-state index contributed by atoms with van der Waals surface area (Å²) in [6, 6.07) is 5.80. The smallest absolute Gasteiger partial charge is 0.148 e. The highest BCUT2D eigenvalue weighted by atomic mass is 32.2. The molecular formula is C13H19NO4S. The van der Waals surface area contributed by atoms with Crippen LogP contribution in [0.3, 0.4) is 0 Å². The monoisotopic (exact) mass is 285 g/mol. The van der Waals surface area contributed by atoms with Crippen LogP contribution >= 0.6 is 0 Å². The second-order valence-corrected chi connectivity index (χ2v) is 6.94. The molecule has 0 amide bonds. The van der Waals surface area contributed by atoms with Gasteiger partial charge in [-0.05, 0) is 18.2 Å². The molecule has 1 aliphatic heterocycles. The third kappa shape index (κ3) is 3.84. The van der Waals surface area contributed by atoms with E-state index < -0.39 is 9.84 Å². The predicted octanol–water partition coefficient (Wildman–Crippen LogP) is 1.15. The average Bonchev–Trinajstić information content (AvgIpc) is 2.37. The lowest BCUT2D eigenvalue weighted by molar-refractivity contribution is 0.253. The molecule has 1 N–H and O–H groups in total. The Morgan fingerprint density at radius 2 is 2.26 bits per heavy atom. The van der Waals surface area contributed by atoms with Crippen LogP contribution in [-0.4, -0.2) is 40.7 Å². The zero-order valence-corrected chi connectivity index (χ0v) is 12.0. The van der Waals surface area contributed by atoms with Crippen LogP contribution < -0.4 is 14.8 Å². The van der Waals surface area contributed by atoms with Crippen molar-refractivity contribution < 1.29 is 17.9 Å². The van der Waals surface area contributed by atoms with Crippen molar-refractivity contribution in [3.8, 4) is 11.5 Å². The number of hydrogen-bond acceptors (Lipinski definition) is 5. The highest BCUT2D eigenvalue weighted by Crippen LogP contribution is 2.34. The van der Waals surface area contributed by atoms with Crippen LogP contribution in [0.25, 0.3) is 0 Å². The van der Waals surface area contributed by atoms with E-state index in [4.69, 9.17) is 9.47 Å². The Labute approximate surface area is 113 Å². The van der Waals surface area contributed by atoms with Gasteiger partial charge in [0.1, 0.15) is 21.3 Å². The third-order valence-corrected chi connectivity index (χ3v) is 4.07. The molecule has 0 radical (unpaired) electrons. The molecule has 0 saturated carbocycles. The van der Waals surface area contributed by atoms with E-state index in [-0.39, 0.29) is 11.8 Å². The van der Waals surface area contributed by atoms with Crippen molar-refractivity contribution >= 4 is 9.84 Å². The fourth-order valence-electron chi connectivity index (χ4n) is 2.13. The van der Waals surface area contributed by atoms with Crippen molar-refractivity contribution in [1.29, 1.82) is 0 Å². The van der Waals surface area contributed by atoms with Gasteiger partial charge >= 0.3 is 0 Å². The summed E-state index contributed by atoms with van der Waals surface area (Å²) in [5.74, 6) is 1.76. The van der Waals surface area contributed by atoms with E-state index in [1.54, 1.807) is 7.11 Å². The summed E-state index contributed by atoms with van der Waals surface area (Å²) in [6.07, 6.45) is 2.07. The van der Waals surface area contributed by atoms with Gasteiger partial charge in [-0.2, -0.15) is 0 Å². The summed E-state index contributed by atoms with van der Waals surface area (Å²) in [5, 5.41) is 3.27. The first-order chi connectivity index (χ1) is 8.99. The molecule has 0 fully saturated rings. The van der Waals surface area contributed by atoms with Crippen molar-refractivity contribution in [3.05, 3.63) is 23.8 Å². The number of hydrogen-bond donors (Lipinski definition) is 1. The van der Waals surface area contributed by atoms with Gasteiger partial charge in [0.05, 0.1) is 19.5 Å². The first kappa shape index (κ1) is 14.1. The summed E-state index contributed by atoms with van der Waals surface area (Å²) < 4.78 is 33.1. The molecule has 19 heavy (non-hydrogen) atoms. The average molecular weight is 285 g/mol. The molecule has 1 aromatic rings. The van der Waals surface area contributed by atoms with Gasteiger partial charge in [0, 0.05) is 30.8 Å². The molecule has 0 aliphatic carbocycles. The highest BCUT2D eigenvalue weighted by molar-refractivity contribution is 7.90. The molecule has 0 bridgehead atoms. The molecule has 0 aromatic heterocycles. The topological polar surface area (TPSA) is 64.6 Å². The maximum absolute atomic E-state index is 11.1. The van der Waals surface area contributed by atoms with E-state index in [1.165, 1.54) is 6.26 Å². The van der Waals surface area contributed by atoms with E-state index in [0.717, 1.165) is 23.5 Å². The van der Waals surface area contributed by atoms with Gasteiger partial charge in [-0.3, -0.25) is 0 Å². The first-order valence-corrected chi connectivity index (χ1v) is 8.27. The molecule has 0 spiro atoms. The zero-order valence-electron chi connectivity index (χ0n) is 11.2. The number of rotatable bonds is 5. The van der Waals surface area contributed by atoms with Gasteiger partial charge in [0.25, 0.3) is 0 Å². The molecule has 5 nitrogen and oxygen atoms in total. The van der Waals surface area contributed by atoms with Crippen molar-refractivity contribution in [2.45, 2.75) is 12.5 Å². The molecule has 1 heterocycles. The van der Waals surface area contributed by atoms with E-state index in [1.807, 2.05) is 18.2 Å². The van der Waals surface area contributed by atoms with Crippen LogP contribution in [0.15, 0.2) is 18.2 Å². The Hall–Kier alpha value is -1.27. The Balaban J connectivity index is 2.08. The number of sulfone groups is 1. The van der Waals surface area contributed by atoms with Crippen molar-refractivity contribution in [1.82, 2.24) is 5.32 Å². The molecule has 1 atom stereocenters. The molecule has 1 aliphatic rings. The minimum absolute atomic E-state index is 0.112. The second kappa shape index (κ2) is 5.79. The molecule has 6 heteroatoms. The predicted molar refractivity (Wildman–Crippen MR) is 73.6 cm³/mol. The number of fused-ring (bicyclic) bond motifs is 1. The Bertz CT molecular complexity index is 542. The lowest BCUT2D eigenvalue weighted by Crippen LogP contribution is -2.30. The fraction of sp³-hybridized carbons (Fsp3) is 0.538. The van der Waals surface area contributed by atoms with E-state index >= 15 is 0 Å². The van der Waals surface area contributed by atoms with E-state index in [9.17, 15) is 8.42 Å². The van der Waals surface area contributed by atoms with Crippen LogP contribution in [0.2, 0.25) is 0 Å². The van der Waals surface area contributed by atoms with Crippen LogP contribution in [-0.2, 0) is 9.84 Å². The lowest BCUT2D eigenvalue weighted by atomic mass is 10.0. The van der Waals surface area contributed by atoms with Gasteiger partial charge < -0.3 is 14.8 Å². The van der Waals surface area contributed by atoms with Crippen LogP contribution in [0, 0.1) is 0 Å². The van der Waals surface area contributed by atoms with E-state index in [0.29, 0.717) is 13.2 Å². The fourth-order valence-corrected chi connectivity index (χ4v) is 2.62. The Kier molecular flexibility index (Phi) is 4.31. The summed E-state index contributed by atoms with van der Waals surface area (Å²) in [6.45, 7) is 1.08. The normalized spacial score (nSPS) is 18.5. The van der Waals surface area contributed by atoms with Crippen molar-refractivity contribution in [2.24, 2.45) is 0 Å². The van der Waals surface area contributed by atoms with Crippen molar-refractivity contribution in [2.75, 3.05) is 32.3 Å². The quantitative estimate of drug-likeness (QED) is 0.879. The maximum atomic E-state index is 11.1. The van der Waals surface area contributed by atoms with Crippen LogP contribution in [0.5, 0.6) is 11.5 Å². The van der Waals surface area contributed by atoms with Crippen LogP contribution in [0.1, 0.15) is 18.0 Å². The maximum Gasteiger partial charge on any atom is 0.148 e. The first-order valence-electron chi connectivity index (χ1n) is 6.21. The van der Waals surface area contributed by atoms with Gasteiger partial charge in [0.2, 0.25) is 0 Å². The SMILES string of the molecule is COc1ccc2c(c1)C(NCCS(C)(=O)=O)CCO2. The van der Waals surface area contributed by atoms with Gasteiger partial charge in [-0.15, -0.1) is 0 Å². The number of ether oxygens (including phenoxy) is 2. The molecule has 1 aromatic carbocycles. The van der Waals surface area contributed by atoms with Gasteiger partial charge in [-0.1, -0.05) is 0 Å². The molecule has 1 unspecified atom stereocenters. The minimum atomic E-state index is -2.93. The van der Waals surface area contributed by atoms with Gasteiger partial charge in [-0.25, -0.2) is 8.42 Å². The third-order valence-electron chi connectivity index (χ3n) is 3.12. The Morgan fingerprint density at radius 3 is 2.95 bits per heavy atom. The zero-order chi connectivity index (χ0) is 13.9. The standard InChI is InChI=1S/C13H19NO4S/c1-17-10-3-4-13-11(9-10)12(5-7-18-13)14-6-8-19(2,15)16/h3-4,9,12,14H,5-8H2,1-2H3. The summed E-state index contributed by atoms with van der Waals surface area (Å²) in [4.78, 5) is 0. The summed E-state index contributed by atoms with van der Waals surface area (Å²) in [5.41, 5.74) is 1.03. The minimum Gasteiger partial charge on any atom is -0.497 e. The van der Waals surface area contributed by atoms with Crippen LogP contribution in [0.4, 0.5) is 0 Å². The largest absolute Gasteiger partial charge is 0.497 e. The highest BCUT2D eigenvalue weighted by Gasteiger charge is 2.21. The Morgan fingerprint density at radius 1 is 1.47 bits per heavy atom. The number of methoxy groups -OCH3 is 1. The molecule has 0 saturated heterocycles. The van der Waals surface area contributed by atoms with Crippen molar-refractivity contribution in [3.63, 3.8) is 0 Å². The molecule has 2 rings (SSSR count). The lowest BCUT2D eigenvalue weighted by Gasteiger charge is -2.27. The summed E-state index contributed by atoms with van der Waals surface area (Å²) >= 11 is 0. The number of benzene rings is 1. The van der Waals surface area contributed by atoms with Gasteiger partial charge in [0.15, 0.2) is 0 Å². The molecule has 106 valence electrons.